The van der Waals surface area contributed by atoms with E-state index in [4.69, 9.17) is 5.73 Å². The standard InChI is InChI=1S/C14H11F3N2O4S/c15-14(16,17)8-2-1-3-9(6-8)19-24(22,23)10-4-5-12(20)11(7-10)13(18)21/h1-7,19-20H,(H2,18,21). The molecule has 24 heavy (non-hydrogen) atoms. The summed E-state index contributed by atoms with van der Waals surface area (Å²) < 4.78 is 64.4. The Hall–Kier alpha value is -2.75. The van der Waals surface area contributed by atoms with Crippen LogP contribution in [0.3, 0.4) is 0 Å². The Morgan fingerprint density at radius 2 is 1.79 bits per heavy atom. The number of phenols is 1. The number of aromatic hydroxyl groups is 1. The molecule has 2 rings (SSSR count). The molecular weight excluding hydrogens is 349 g/mol. The quantitative estimate of drug-likeness (QED) is 0.777. The fourth-order valence-electron chi connectivity index (χ4n) is 1.85. The van der Waals surface area contributed by atoms with Gasteiger partial charge in [0.25, 0.3) is 15.9 Å². The number of alkyl halides is 3. The summed E-state index contributed by atoms with van der Waals surface area (Å²) in [5, 5.41) is 9.45. The van der Waals surface area contributed by atoms with Crippen LogP contribution in [0.1, 0.15) is 15.9 Å². The molecule has 1 amide bonds. The summed E-state index contributed by atoms with van der Waals surface area (Å²) in [5.74, 6) is -1.57. The van der Waals surface area contributed by atoms with Crippen molar-refractivity contribution in [2.45, 2.75) is 11.1 Å². The van der Waals surface area contributed by atoms with E-state index in [1.807, 2.05) is 4.72 Å². The van der Waals surface area contributed by atoms with E-state index < -0.39 is 43.9 Å². The number of hydrogen-bond acceptors (Lipinski definition) is 4. The average molecular weight is 360 g/mol. The monoisotopic (exact) mass is 360 g/mol. The second-order valence-corrected chi connectivity index (χ2v) is 6.41. The molecule has 0 aliphatic heterocycles. The minimum Gasteiger partial charge on any atom is -0.507 e. The van der Waals surface area contributed by atoms with Gasteiger partial charge in [0.15, 0.2) is 0 Å². The molecule has 0 atom stereocenters. The van der Waals surface area contributed by atoms with Crippen LogP contribution in [0.2, 0.25) is 0 Å². The summed E-state index contributed by atoms with van der Waals surface area (Å²) in [7, 11) is -4.28. The van der Waals surface area contributed by atoms with E-state index in [-0.39, 0.29) is 5.69 Å². The van der Waals surface area contributed by atoms with Crippen LogP contribution in [0.5, 0.6) is 5.75 Å². The summed E-state index contributed by atoms with van der Waals surface area (Å²) in [6, 6.07) is 6.37. The van der Waals surface area contributed by atoms with Crippen LogP contribution in [0, 0.1) is 0 Å². The molecule has 0 unspecified atom stereocenters. The lowest BCUT2D eigenvalue weighted by Crippen LogP contribution is -2.16. The summed E-state index contributed by atoms with van der Waals surface area (Å²) in [4.78, 5) is 10.7. The highest BCUT2D eigenvalue weighted by Gasteiger charge is 2.30. The molecule has 2 aromatic rings. The maximum Gasteiger partial charge on any atom is 0.416 e. The number of carbonyl (C=O) groups is 1. The van der Waals surface area contributed by atoms with Crippen molar-refractivity contribution in [3.8, 4) is 5.75 Å². The maximum absolute atomic E-state index is 12.7. The first-order valence-electron chi connectivity index (χ1n) is 6.33. The van der Waals surface area contributed by atoms with Crippen LogP contribution in [0.4, 0.5) is 18.9 Å². The molecule has 10 heteroatoms. The van der Waals surface area contributed by atoms with Gasteiger partial charge in [0.05, 0.1) is 16.0 Å². The predicted octanol–water partition coefficient (Wildman–Crippen LogP) is 2.31. The normalized spacial score (nSPS) is 12.0. The lowest BCUT2D eigenvalue weighted by molar-refractivity contribution is -0.137. The third-order valence-electron chi connectivity index (χ3n) is 2.99. The number of anilines is 1. The lowest BCUT2D eigenvalue weighted by Gasteiger charge is -2.12. The molecule has 0 fully saturated rings. The highest BCUT2D eigenvalue weighted by molar-refractivity contribution is 7.92. The van der Waals surface area contributed by atoms with Crippen molar-refractivity contribution in [3.63, 3.8) is 0 Å². The van der Waals surface area contributed by atoms with Crippen molar-refractivity contribution in [3.05, 3.63) is 53.6 Å². The molecule has 0 aliphatic rings. The molecule has 0 saturated heterocycles. The van der Waals surface area contributed by atoms with Crippen LogP contribution >= 0.6 is 0 Å². The molecule has 6 nitrogen and oxygen atoms in total. The first-order valence-corrected chi connectivity index (χ1v) is 7.82. The zero-order valence-corrected chi connectivity index (χ0v) is 12.6. The van der Waals surface area contributed by atoms with Crippen molar-refractivity contribution in [2.75, 3.05) is 4.72 Å². The second-order valence-electron chi connectivity index (χ2n) is 4.73. The van der Waals surface area contributed by atoms with E-state index >= 15 is 0 Å². The van der Waals surface area contributed by atoms with Crippen molar-refractivity contribution in [1.29, 1.82) is 0 Å². The number of sulfonamides is 1. The van der Waals surface area contributed by atoms with Gasteiger partial charge in [0.2, 0.25) is 0 Å². The van der Waals surface area contributed by atoms with E-state index in [0.29, 0.717) is 6.07 Å². The molecular formula is C14H11F3N2O4S. The number of rotatable bonds is 4. The fraction of sp³-hybridized carbons (Fsp3) is 0.0714. The number of benzene rings is 2. The van der Waals surface area contributed by atoms with Gasteiger partial charge < -0.3 is 10.8 Å². The molecule has 4 N–H and O–H groups in total. The molecule has 0 saturated carbocycles. The number of nitrogens with two attached hydrogens (primary N) is 1. The molecule has 0 bridgehead atoms. The minimum atomic E-state index is -4.63. The Balaban J connectivity index is 2.39. The zero-order valence-electron chi connectivity index (χ0n) is 11.8. The molecule has 2 aromatic carbocycles. The average Bonchev–Trinajstić information content (AvgIpc) is 2.46. The van der Waals surface area contributed by atoms with Crippen LogP contribution in [0.25, 0.3) is 0 Å². The van der Waals surface area contributed by atoms with Crippen LogP contribution < -0.4 is 10.5 Å². The van der Waals surface area contributed by atoms with E-state index in [0.717, 1.165) is 36.4 Å². The van der Waals surface area contributed by atoms with E-state index in [9.17, 15) is 31.5 Å². The van der Waals surface area contributed by atoms with Gasteiger partial charge in [0.1, 0.15) is 5.75 Å². The Bertz CT molecular complexity index is 895. The van der Waals surface area contributed by atoms with Gasteiger partial charge in [-0.15, -0.1) is 0 Å². The lowest BCUT2D eigenvalue weighted by atomic mass is 10.2. The van der Waals surface area contributed by atoms with Crippen molar-refractivity contribution < 1.29 is 31.5 Å². The smallest absolute Gasteiger partial charge is 0.416 e. The summed E-state index contributed by atoms with van der Waals surface area (Å²) >= 11 is 0. The first kappa shape index (κ1) is 17.6. The fourth-order valence-corrected chi connectivity index (χ4v) is 2.93. The Labute approximate surface area is 134 Å². The second kappa shape index (κ2) is 6.04. The van der Waals surface area contributed by atoms with E-state index in [1.165, 1.54) is 0 Å². The Morgan fingerprint density at radius 1 is 1.12 bits per heavy atom. The number of amides is 1. The molecule has 0 aliphatic carbocycles. The molecule has 0 aromatic heterocycles. The Kier molecular flexibility index (Phi) is 4.43. The third-order valence-corrected chi connectivity index (χ3v) is 4.36. The highest BCUT2D eigenvalue weighted by Crippen LogP contribution is 2.31. The number of halogens is 3. The SMILES string of the molecule is NC(=O)c1cc(S(=O)(=O)Nc2cccc(C(F)(F)F)c2)ccc1O. The van der Waals surface area contributed by atoms with Gasteiger partial charge in [-0.1, -0.05) is 6.07 Å². The molecule has 0 heterocycles. The van der Waals surface area contributed by atoms with Crippen molar-refractivity contribution in [2.24, 2.45) is 5.73 Å². The summed E-state index contributed by atoms with van der Waals surface area (Å²) in [5.41, 5.74) is 3.25. The van der Waals surface area contributed by atoms with Gasteiger partial charge >= 0.3 is 6.18 Å². The zero-order chi connectivity index (χ0) is 18.1. The summed E-state index contributed by atoms with van der Waals surface area (Å²) in [6.45, 7) is 0. The maximum atomic E-state index is 12.7. The van der Waals surface area contributed by atoms with Gasteiger partial charge in [-0.25, -0.2) is 8.42 Å². The van der Waals surface area contributed by atoms with Gasteiger partial charge in [0, 0.05) is 5.69 Å². The van der Waals surface area contributed by atoms with Crippen LogP contribution in [-0.2, 0) is 16.2 Å². The van der Waals surface area contributed by atoms with Crippen LogP contribution in [-0.4, -0.2) is 19.4 Å². The summed E-state index contributed by atoms with van der Waals surface area (Å²) in [6.07, 6.45) is -4.63. The van der Waals surface area contributed by atoms with E-state index in [1.54, 1.807) is 0 Å². The highest BCUT2D eigenvalue weighted by atomic mass is 32.2. The van der Waals surface area contributed by atoms with Gasteiger partial charge in [-0.05, 0) is 36.4 Å². The molecule has 128 valence electrons. The Morgan fingerprint density at radius 3 is 2.38 bits per heavy atom. The third kappa shape index (κ3) is 3.77. The minimum absolute atomic E-state index is 0.307. The number of nitrogens with one attached hydrogen (secondary N) is 1. The van der Waals surface area contributed by atoms with Crippen molar-refractivity contribution in [1.82, 2.24) is 0 Å². The number of hydrogen-bond donors (Lipinski definition) is 3. The van der Waals surface area contributed by atoms with Crippen LogP contribution in [0.15, 0.2) is 47.4 Å². The van der Waals surface area contributed by atoms with Crippen molar-refractivity contribution >= 4 is 21.6 Å². The van der Waals surface area contributed by atoms with Gasteiger partial charge in [-0.3, -0.25) is 9.52 Å². The molecule has 0 radical (unpaired) electrons. The topological polar surface area (TPSA) is 109 Å². The molecule has 0 spiro atoms. The largest absolute Gasteiger partial charge is 0.507 e. The van der Waals surface area contributed by atoms with E-state index in [2.05, 4.69) is 0 Å². The first-order chi connectivity index (χ1) is 11.0. The predicted molar refractivity (Wildman–Crippen MR) is 78.9 cm³/mol. The van der Waals surface area contributed by atoms with Gasteiger partial charge in [-0.2, -0.15) is 13.2 Å². The number of carbonyl (C=O) groups excluding carboxylic acids is 1. The number of primary amides is 1.